The molecule has 1 aromatic rings. The molecule has 0 radical (unpaired) electrons. The van der Waals surface area contributed by atoms with Gasteiger partial charge in [-0.1, -0.05) is 0 Å². The van der Waals surface area contributed by atoms with Gasteiger partial charge in [-0.05, 0) is 13.8 Å². The lowest BCUT2D eigenvalue weighted by molar-refractivity contribution is -0.137. The first-order valence-corrected chi connectivity index (χ1v) is 5.71. The summed E-state index contributed by atoms with van der Waals surface area (Å²) in [5, 5.41) is 11.1. The summed E-state index contributed by atoms with van der Waals surface area (Å²) in [6, 6.07) is -0.341. The number of amides is 1. The van der Waals surface area contributed by atoms with Crippen molar-refractivity contribution in [1.82, 2.24) is 9.88 Å². The van der Waals surface area contributed by atoms with E-state index >= 15 is 0 Å². The van der Waals surface area contributed by atoms with Gasteiger partial charge in [-0.2, -0.15) is 0 Å². The van der Waals surface area contributed by atoms with Crippen LogP contribution < -0.4 is 0 Å². The minimum absolute atomic E-state index is 0.0641. The van der Waals surface area contributed by atoms with Crippen LogP contribution in [-0.4, -0.2) is 40.0 Å². The molecule has 0 spiro atoms. The number of nitrogens with zero attached hydrogens (tertiary/aromatic N) is 2. The second kappa shape index (κ2) is 5.07. The van der Waals surface area contributed by atoms with Gasteiger partial charge in [0.15, 0.2) is 0 Å². The van der Waals surface area contributed by atoms with Gasteiger partial charge in [0.2, 0.25) is 0 Å². The molecule has 0 aromatic carbocycles. The molecule has 1 atom stereocenters. The van der Waals surface area contributed by atoms with Crippen LogP contribution in [0.2, 0.25) is 0 Å². The highest BCUT2D eigenvalue weighted by atomic mass is 32.1. The van der Waals surface area contributed by atoms with E-state index in [-0.39, 0.29) is 18.4 Å². The van der Waals surface area contributed by atoms with Gasteiger partial charge in [-0.15, -0.1) is 11.3 Å². The van der Waals surface area contributed by atoms with Crippen LogP contribution in [0.1, 0.15) is 28.8 Å². The maximum absolute atomic E-state index is 11.9. The SMILES string of the molecule is Cc1nc(C(=O)N(C)C(C)CC(=O)O)cs1. The van der Waals surface area contributed by atoms with Crippen molar-refractivity contribution in [2.75, 3.05) is 7.05 Å². The molecule has 1 heterocycles. The monoisotopic (exact) mass is 242 g/mol. The van der Waals surface area contributed by atoms with E-state index in [4.69, 9.17) is 5.11 Å². The molecule has 6 heteroatoms. The summed E-state index contributed by atoms with van der Waals surface area (Å²) in [6.07, 6.45) is -0.0641. The van der Waals surface area contributed by atoms with Gasteiger partial charge in [0.1, 0.15) is 5.69 Å². The second-order valence-electron chi connectivity index (χ2n) is 3.61. The molecular weight excluding hydrogens is 228 g/mol. The Labute approximate surface area is 97.7 Å². The normalized spacial score (nSPS) is 12.2. The van der Waals surface area contributed by atoms with Crippen molar-refractivity contribution in [3.8, 4) is 0 Å². The number of carbonyl (C=O) groups excluding carboxylic acids is 1. The summed E-state index contributed by atoms with van der Waals surface area (Å²) in [5.41, 5.74) is 0.377. The molecule has 1 N–H and O–H groups in total. The summed E-state index contributed by atoms with van der Waals surface area (Å²) in [4.78, 5) is 27.9. The molecule has 88 valence electrons. The number of aromatic nitrogens is 1. The van der Waals surface area contributed by atoms with E-state index < -0.39 is 5.97 Å². The lowest BCUT2D eigenvalue weighted by Crippen LogP contribution is -2.36. The van der Waals surface area contributed by atoms with Gasteiger partial charge in [-0.25, -0.2) is 4.98 Å². The quantitative estimate of drug-likeness (QED) is 0.866. The van der Waals surface area contributed by atoms with Crippen molar-refractivity contribution >= 4 is 23.2 Å². The summed E-state index contributed by atoms with van der Waals surface area (Å²) in [5.74, 6) is -1.15. The number of hydrogen-bond donors (Lipinski definition) is 1. The van der Waals surface area contributed by atoms with Crippen LogP contribution in [0.15, 0.2) is 5.38 Å². The van der Waals surface area contributed by atoms with Crippen LogP contribution in [0.3, 0.4) is 0 Å². The number of carboxylic acid groups (broad SMARTS) is 1. The van der Waals surface area contributed by atoms with E-state index in [1.54, 1.807) is 19.4 Å². The fraction of sp³-hybridized carbons (Fsp3) is 0.500. The van der Waals surface area contributed by atoms with E-state index in [1.165, 1.54) is 16.2 Å². The fourth-order valence-electron chi connectivity index (χ4n) is 1.23. The number of carboxylic acids is 1. The number of carbonyl (C=O) groups is 2. The molecule has 0 fully saturated rings. The van der Waals surface area contributed by atoms with Gasteiger partial charge >= 0.3 is 5.97 Å². The Kier molecular flexibility index (Phi) is 4.00. The topological polar surface area (TPSA) is 70.5 Å². The second-order valence-corrected chi connectivity index (χ2v) is 4.68. The Hall–Kier alpha value is -1.43. The molecule has 1 rings (SSSR count). The Morgan fingerprint density at radius 2 is 2.25 bits per heavy atom. The molecule has 16 heavy (non-hydrogen) atoms. The molecule has 1 amide bonds. The number of hydrogen-bond acceptors (Lipinski definition) is 4. The van der Waals surface area contributed by atoms with Crippen molar-refractivity contribution in [1.29, 1.82) is 0 Å². The summed E-state index contributed by atoms with van der Waals surface area (Å²) < 4.78 is 0. The first-order chi connectivity index (χ1) is 7.41. The molecule has 5 nitrogen and oxygen atoms in total. The molecule has 0 aliphatic carbocycles. The summed E-state index contributed by atoms with van der Waals surface area (Å²) in [6.45, 7) is 3.52. The summed E-state index contributed by atoms with van der Waals surface area (Å²) in [7, 11) is 1.59. The van der Waals surface area contributed by atoms with E-state index in [2.05, 4.69) is 4.98 Å². The van der Waals surface area contributed by atoms with Gasteiger partial charge in [0, 0.05) is 18.5 Å². The van der Waals surface area contributed by atoms with Crippen LogP contribution in [0, 0.1) is 6.92 Å². The number of aryl methyl sites for hydroxylation is 1. The van der Waals surface area contributed by atoms with Crippen molar-refractivity contribution in [2.45, 2.75) is 26.3 Å². The highest BCUT2D eigenvalue weighted by molar-refractivity contribution is 7.09. The Bertz CT molecular complexity index is 403. The number of thiazole rings is 1. The zero-order valence-corrected chi connectivity index (χ0v) is 10.2. The van der Waals surface area contributed by atoms with E-state index in [0.717, 1.165) is 5.01 Å². The lowest BCUT2D eigenvalue weighted by Gasteiger charge is -2.22. The predicted molar refractivity (Wildman–Crippen MR) is 60.7 cm³/mol. The maximum atomic E-state index is 11.9. The minimum Gasteiger partial charge on any atom is -0.481 e. The third kappa shape index (κ3) is 3.03. The van der Waals surface area contributed by atoms with Crippen LogP contribution in [0.5, 0.6) is 0 Å². The third-order valence-electron chi connectivity index (χ3n) is 2.29. The molecule has 0 aliphatic heterocycles. The van der Waals surface area contributed by atoms with E-state index in [0.29, 0.717) is 5.69 Å². The van der Waals surface area contributed by atoms with Gasteiger partial charge in [0.25, 0.3) is 5.91 Å². The maximum Gasteiger partial charge on any atom is 0.305 e. The predicted octanol–water partition coefficient (Wildman–Crippen LogP) is 1.39. The van der Waals surface area contributed by atoms with Crippen molar-refractivity contribution in [3.63, 3.8) is 0 Å². The minimum atomic E-state index is -0.915. The average molecular weight is 242 g/mol. The van der Waals surface area contributed by atoms with Crippen molar-refractivity contribution in [3.05, 3.63) is 16.1 Å². The Morgan fingerprint density at radius 1 is 1.62 bits per heavy atom. The molecule has 0 aliphatic rings. The Balaban J connectivity index is 2.70. The molecular formula is C10H14N2O3S. The molecule has 0 saturated carbocycles. The third-order valence-corrected chi connectivity index (χ3v) is 3.06. The molecule has 0 saturated heterocycles. The molecule has 1 unspecified atom stereocenters. The first-order valence-electron chi connectivity index (χ1n) is 4.83. The standard InChI is InChI=1S/C10H14N2O3S/c1-6(4-9(13)14)12(3)10(15)8-5-16-7(2)11-8/h5-6H,4H2,1-3H3,(H,13,14). The van der Waals surface area contributed by atoms with E-state index in [1.807, 2.05) is 6.92 Å². The molecule has 0 bridgehead atoms. The zero-order chi connectivity index (χ0) is 12.3. The highest BCUT2D eigenvalue weighted by Gasteiger charge is 2.21. The van der Waals surface area contributed by atoms with Gasteiger partial charge < -0.3 is 10.0 Å². The smallest absolute Gasteiger partial charge is 0.305 e. The average Bonchev–Trinajstić information content (AvgIpc) is 2.61. The zero-order valence-electron chi connectivity index (χ0n) is 9.43. The number of rotatable bonds is 4. The van der Waals surface area contributed by atoms with Crippen molar-refractivity contribution < 1.29 is 14.7 Å². The van der Waals surface area contributed by atoms with E-state index in [9.17, 15) is 9.59 Å². The van der Waals surface area contributed by atoms with Crippen LogP contribution in [0.4, 0.5) is 0 Å². The van der Waals surface area contributed by atoms with Gasteiger partial charge in [0.05, 0.1) is 11.4 Å². The Morgan fingerprint density at radius 3 is 2.69 bits per heavy atom. The fourth-order valence-corrected chi connectivity index (χ4v) is 1.82. The highest BCUT2D eigenvalue weighted by Crippen LogP contribution is 2.12. The van der Waals surface area contributed by atoms with Crippen LogP contribution >= 0.6 is 11.3 Å². The molecule has 1 aromatic heterocycles. The summed E-state index contributed by atoms with van der Waals surface area (Å²) >= 11 is 1.40. The first kappa shape index (κ1) is 12.6. The van der Waals surface area contributed by atoms with Crippen molar-refractivity contribution in [2.24, 2.45) is 0 Å². The largest absolute Gasteiger partial charge is 0.481 e. The van der Waals surface area contributed by atoms with Crippen LogP contribution in [-0.2, 0) is 4.79 Å². The lowest BCUT2D eigenvalue weighted by atomic mass is 10.2. The van der Waals surface area contributed by atoms with Gasteiger partial charge in [-0.3, -0.25) is 9.59 Å². The van der Waals surface area contributed by atoms with Crippen LogP contribution in [0.25, 0.3) is 0 Å². The number of aliphatic carboxylic acids is 1.